The van der Waals surface area contributed by atoms with Crippen molar-refractivity contribution in [1.82, 2.24) is 4.57 Å². The molecule has 0 saturated heterocycles. The van der Waals surface area contributed by atoms with Crippen LogP contribution in [0, 0.1) is 29.1 Å². The van der Waals surface area contributed by atoms with Crippen molar-refractivity contribution in [2.45, 2.75) is 6.54 Å². The van der Waals surface area contributed by atoms with E-state index in [0.717, 1.165) is 16.5 Å². The van der Waals surface area contributed by atoms with E-state index in [1.54, 1.807) is 36.5 Å². The predicted octanol–water partition coefficient (Wildman–Crippen LogP) is 7.14. The Labute approximate surface area is 188 Å². The van der Waals surface area contributed by atoms with Gasteiger partial charge in [-0.3, -0.25) is 5.43 Å². The molecule has 0 saturated carbocycles. The smallest absolute Gasteiger partial charge is 0.200 e. The summed E-state index contributed by atoms with van der Waals surface area (Å²) in [5, 5.41) is 5.42. The molecule has 4 rings (SSSR count). The van der Waals surface area contributed by atoms with Gasteiger partial charge in [0.15, 0.2) is 23.3 Å². The highest BCUT2D eigenvalue weighted by Crippen LogP contribution is 2.28. The third kappa shape index (κ3) is 4.03. The van der Waals surface area contributed by atoms with Crippen molar-refractivity contribution in [2.24, 2.45) is 5.10 Å². The second-order valence-electron chi connectivity index (χ2n) is 6.78. The predicted molar refractivity (Wildman–Crippen MR) is 115 cm³/mol. The van der Waals surface area contributed by atoms with Crippen molar-refractivity contribution < 1.29 is 22.0 Å². The van der Waals surface area contributed by atoms with Crippen molar-refractivity contribution in [3.63, 3.8) is 0 Å². The molecule has 0 radical (unpaired) electrons. The van der Waals surface area contributed by atoms with E-state index in [4.69, 9.17) is 23.2 Å². The maximum Gasteiger partial charge on any atom is 0.200 e. The normalized spacial score (nSPS) is 11.6. The minimum atomic E-state index is -2.24. The largest absolute Gasteiger partial charge is 0.342 e. The highest BCUT2D eigenvalue weighted by atomic mass is 35.5. The Balaban J connectivity index is 1.67. The second-order valence-corrected chi connectivity index (χ2v) is 7.62. The van der Waals surface area contributed by atoms with Crippen LogP contribution >= 0.6 is 23.2 Å². The third-order valence-electron chi connectivity index (χ3n) is 4.76. The van der Waals surface area contributed by atoms with Crippen LogP contribution in [0.4, 0.5) is 27.6 Å². The molecule has 1 aromatic heterocycles. The SMILES string of the molecule is Fc1c(F)c(F)c(N/N=C\c2cn(Cc3ccc(Cl)cc3Cl)c3ccccc23)c(F)c1F. The van der Waals surface area contributed by atoms with Crippen LogP contribution in [0.3, 0.4) is 0 Å². The number of fused-ring (bicyclic) bond motifs is 1. The summed E-state index contributed by atoms with van der Waals surface area (Å²) < 4.78 is 69.4. The van der Waals surface area contributed by atoms with Crippen LogP contribution in [0.1, 0.15) is 11.1 Å². The van der Waals surface area contributed by atoms with Crippen molar-refractivity contribution in [3.05, 3.63) is 98.9 Å². The molecule has 0 atom stereocenters. The summed E-state index contributed by atoms with van der Waals surface area (Å²) in [6.45, 7) is 0.398. The van der Waals surface area contributed by atoms with E-state index >= 15 is 0 Å². The zero-order valence-corrected chi connectivity index (χ0v) is 17.5. The van der Waals surface area contributed by atoms with Gasteiger partial charge in [-0.1, -0.05) is 47.5 Å². The fourth-order valence-corrected chi connectivity index (χ4v) is 3.68. The summed E-state index contributed by atoms with van der Waals surface area (Å²) in [4.78, 5) is 0. The number of benzene rings is 3. The number of rotatable bonds is 5. The van der Waals surface area contributed by atoms with Gasteiger partial charge in [0.25, 0.3) is 0 Å². The number of hydrogen-bond acceptors (Lipinski definition) is 2. The molecule has 0 bridgehead atoms. The summed E-state index contributed by atoms with van der Waals surface area (Å²) in [6, 6.07) is 12.4. The van der Waals surface area contributed by atoms with E-state index in [-0.39, 0.29) is 0 Å². The first-order valence-corrected chi connectivity index (χ1v) is 9.85. The summed E-state index contributed by atoms with van der Waals surface area (Å²) in [6.07, 6.45) is 2.94. The van der Waals surface area contributed by atoms with Gasteiger partial charge in [-0.25, -0.2) is 22.0 Å². The van der Waals surface area contributed by atoms with Crippen LogP contribution in [-0.4, -0.2) is 10.8 Å². The number of nitrogens with zero attached hydrogens (tertiary/aromatic N) is 2. The van der Waals surface area contributed by atoms with Gasteiger partial charge in [-0.2, -0.15) is 5.10 Å². The van der Waals surface area contributed by atoms with Crippen molar-refractivity contribution >= 4 is 46.0 Å². The van der Waals surface area contributed by atoms with Gasteiger partial charge in [0.05, 0.1) is 6.21 Å². The Bertz CT molecular complexity index is 1340. The molecule has 1 N–H and O–H groups in total. The Hall–Kier alpha value is -3.10. The lowest BCUT2D eigenvalue weighted by Crippen LogP contribution is -2.06. The molecule has 0 spiro atoms. The number of para-hydroxylation sites is 1. The minimum absolute atomic E-state index is 0.398. The topological polar surface area (TPSA) is 29.3 Å². The monoisotopic (exact) mass is 483 g/mol. The van der Waals surface area contributed by atoms with E-state index in [9.17, 15) is 22.0 Å². The maximum absolute atomic E-state index is 13.8. The molecule has 3 aromatic carbocycles. The first-order valence-electron chi connectivity index (χ1n) is 9.10. The number of aromatic nitrogens is 1. The molecule has 0 unspecified atom stereocenters. The Morgan fingerprint density at radius 2 is 1.53 bits per heavy atom. The lowest BCUT2D eigenvalue weighted by atomic mass is 10.2. The number of halogens is 7. The van der Waals surface area contributed by atoms with Crippen molar-refractivity contribution in [1.29, 1.82) is 0 Å². The van der Waals surface area contributed by atoms with Crippen LogP contribution < -0.4 is 5.43 Å². The molecule has 0 amide bonds. The lowest BCUT2D eigenvalue weighted by molar-refractivity contribution is 0.381. The second kappa shape index (κ2) is 8.80. The van der Waals surface area contributed by atoms with E-state index in [2.05, 4.69) is 5.10 Å². The number of anilines is 1. The Kier molecular flexibility index (Phi) is 6.08. The van der Waals surface area contributed by atoms with E-state index in [1.807, 2.05) is 22.1 Å². The molecule has 0 aliphatic carbocycles. The molecule has 0 fully saturated rings. The van der Waals surface area contributed by atoms with Gasteiger partial charge in [-0.15, -0.1) is 0 Å². The number of nitrogens with one attached hydrogen (secondary N) is 1. The molecule has 32 heavy (non-hydrogen) atoms. The first-order chi connectivity index (χ1) is 15.3. The molecule has 10 heteroatoms. The average Bonchev–Trinajstić information content (AvgIpc) is 3.13. The van der Waals surface area contributed by atoms with Crippen LogP contribution in [0.2, 0.25) is 10.0 Å². The van der Waals surface area contributed by atoms with Crippen molar-refractivity contribution in [2.75, 3.05) is 5.43 Å². The summed E-state index contributed by atoms with van der Waals surface area (Å²) in [5.74, 6) is -10.4. The average molecular weight is 484 g/mol. The van der Waals surface area contributed by atoms with Gasteiger partial charge >= 0.3 is 0 Å². The highest BCUT2D eigenvalue weighted by molar-refractivity contribution is 6.35. The molecule has 3 nitrogen and oxygen atoms in total. The Morgan fingerprint density at radius 1 is 0.875 bits per heavy atom. The zero-order valence-electron chi connectivity index (χ0n) is 15.9. The molecule has 1 heterocycles. The van der Waals surface area contributed by atoms with E-state index in [1.165, 1.54) is 6.21 Å². The number of hydrogen-bond donors (Lipinski definition) is 1. The van der Waals surface area contributed by atoms with E-state index in [0.29, 0.717) is 22.2 Å². The highest BCUT2D eigenvalue weighted by Gasteiger charge is 2.25. The zero-order chi connectivity index (χ0) is 23.0. The fourth-order valence-electron chi connectivity index (χ4n) is 3.21. The molecular formula is C22H12Cl2F5N3. The van der Waals surface area contributed by atoms with Crippen LogP contribution in [0.25, 0.3) is 10.9 Å². The first kappa shape index (κ1) is 22.1. The van der Waals surface area contributed by atoms with Gasteiger partial charge < -0.3 is 4.57 Å². The van der Waals surface area contributed by atoms with Crippen LogP contribution in [0.15, 0.2) is 53.8 Å². The Morgan fingerprint density at radius 3 is 2.22 bits per heavy atom. The quantitative estimate of drug-likeness (QED) is 0.105. The van der Waals surface area contributed by atoms with Crippen LogP contribution in [0.5, 0.6) is 0 Å². The van der Waals surface area contributed by atoms with Crippen LogP contribution in [-0.2, 0) is 6.54 Å². The summed E-state index contributed by atoms with van der Waals surface area (Å²) in [7, 11) is 0. The van der Waals surface area contributed by atoms with Gasteiger partial charge in [0, 0.05) is 39.3 Å². The van der Waals surface area contributed by atoms with E-state index < -0.39 is 34.8 Å². The summed E-state index contributed by atoms with van der Waals surface area (Å²) >= 11 is 12.2. The summed E-state index contributed by atoms with van der Waals surface area (Å²) in [5.41, 5.74) is 2.83. The standard InChI is InChI=1S/C22H12Cl2F5N3/c23-13-6-5-11(15(24)7-13)9-32-10-12(14-3-1-2-4-16(14)32)8-30-31-22-20(28)18(26)17(25)19(27)21(22)29/h1-8,10,31H,9H2/b30-8-. The lowest BCUT2D eigenvalue weighted by Gasteiger charge is -2.08. The van der Waals surface area contributed by atoms with Gasteiger partial charge in [0.1, 0.15) is 5.69 Å². The van der Waals surface area contributed by atoms with Gasteiger partial charge in [-0.05, 0) is 23.8 Å². The maximum atomic E-state index is 13.8. The van der Waals surface area contributed by atoms with Crippen molar-refractivity contribution in [3.8, 4) is 0 Å². The molecule has 4 aromatic rings. The molecule has 0 aliphatic rings. The molecule has 0 aliphatic heterocycles. The minimum Gasteiger partial charge on any atom is -0.342 e. The molecule has 164 valence electrons. The fraction of sp³-hybridized carbons (Fsp3) is 0.0455. The number of hydrazone groups is 1. The molecular weight excluding hydrogens is 472 g/mol. The third-order valence-corrected chi connectivity index (χ3v) is 5.35. The van der Waals surface area contributed by atoms with Gasteiger partial charge in [0.2, 0.25) is 5.82 Å².